The Hall–Kier alpha value is -5.22. The number of benzene rings is 1. The number of nitrogens with zero attached hydrogens (tertiary/aromatic N) is 4. The summed E-state index contributed by atoms with van der Waals surface area (Å²) in [6, 6.07) is 6.06. The first kappa shape index (κ1) is 42.8. The summed E-state index contributed by atoms with van der Waals surface area (Å²) in [5.41, 5.74) is 2.04. The largest absolute Gasteiger partial charge is 0.481 e. The van der Waals surface area contributed by atoms with Crippen molar-refractivity contribution in [2.75, 3.05) is 39.3 Å². The molecule has 2 aliphatic rings. The quantitative estimate of drug-likeness (QED) is 0.0798. The molecule has 0 spiro atoms. The van der Waals surface area contributed by atoms with Gasteiger partial charge in [-0.2, -0.15) is 0 Å². The fraction of sp³-hybridized carbons (Fsp3) is 0.425. The van der Waals surface area contributed by atoms with Crippen molar-refractivity contribution in [1.82, 2.24) is 15.1 Å². The molecule has 0 aromatic heterocycles. The summed E-state index contributed by atoms with van der Waals surface area (Å²) < 4.78 is 13.7. The van der Waals surface area contributed by atoms with E-state index in [4.69, 9.17) is 15.1 Å². The Bertz CT molecular complexity index is 1430. The van der Waals surface area contributed by atoms with E-state index in [9.17, 15) is 18.8 Å². The van der Waals surface area contributed by atoms with Crippen molar-refractivity contribution < 1.29 is 23.9 Å². The summed E-state index contributed by atoms with van der Waals surface area (Å²) in [7, 11) is 0. The van der Waals surface area contributed by atoms with E-state index in [1.807, 2.05) is 36.1 Å². The Kier molecular flexibility index (Phi) is 22.9. The maximum atomic E-state index is 13.7. The van der Waals surface area contributed by atoms with Crippen LogP contribution in [0.5, 0.6) is 0 Å². The highest BCUT2D eigenvalue weighted by Crippen LogP contribution is 2.18. The van der Waals surface area contributed by atoms with E-state index < -0.39 is 5.97 Å². The Balaban J connectivity index is 0.00000237. The molecule has 0 atom stereocenters. The van der Waals surface area contributed by atoms with Crippen LogP contribution in [0, 0.1) is 31.0 Å². The average molecular weight is 686 g/mol. The molecular weight excluding hydrogens is 633 g/mol. The summed E-state index contributed by atoms with van der Waals surface area (Å²) in [6.07, 6.45) is 32.9. The standard InChI is InChI=1S/C35H46FN5O4.C3H4.C2H2/c1-2-3-22-38-34(28-16-18-29(36)19-17-28)31(13-8-9-15-33(43)44)37-24-12-14-32(42)40-26-20-30(21-27-40)41-25-11-7-5-4-6-10-23-39-35(41)45;1-3-2;1-2/h2-3,6-7,10-12,14,16-19,30H,4-5,8-9,13,15,20-27H2,1H3,(H,39,45)(H,43,44);1H,2H3;1-2H/b3-2-,10-6-,11-7-,14-12+,37-31?,38-34?;;. The minimum atomic E-state index is -0.847. The number of hydrogen-bond acceptors (Lipinski definition) is 5. The zero-order valence-corrected chi connectivity index (χ0v) is 29.5. The van der Waals surface area contributed by atoms with Gasteiger partial charge in [0, 0.05) is 50.3 Å². The predicted molar refractivity (Wildman–Crippen MR) is 202 cm³/mol. The maximum absolute atomic E-state index is 13.7. The van der Waals surface area contributed by atoms with Gasteiger partial charge in [-0.15, -0.1) is 25.2 Å². The molecule has 3 rings (SSSR count). The van der Waals surface area contributed by atoms with Crippen LogP contribution < -0.4 is 5.32 Å². The van der Waals surface area contributed by atoms with Crippen LogP contribution in [0.4, 0.5) is 9.18 Å². The van der Waals surface area contributed by atoms with Gasteiger partial charge in [0.1, 0.15) is 5.82 Å². The fourth-order valence-electron chi connectivity index (χ4n) is 5.21. The van der Waals surface area contributed by atoms with Crippen LogP contribution in [0.2, 0.25) is 0 Å². The molecule has 1 aromatic carbocycles. The lowest BCUT2D eigenvalue weighted by molar-refractivity contribution is -0.137. The highest BCUT2D eigenvalue weighted by molar-refractivity contribution is 6.48. The number of rotatable bonds is 13. The zero-order valence-electron chi connectivity index (χ0n) is 29.5. The van der Waals surface area contributed by atoms with E-state index in [1.165, 1.54) is 18.2 Å². The molecule has 2 N–H and O–H groups in total. The summed E-state index contributed by atoms with van der Waals surface area (Å²) in [5, 5.41) is 12.0. The molecule has 268 valence electrons. The summed E-state index contributed by atoms with van der Waals surface area (Å²) >= 11 is 0. The topological polar surface area (TPSA) is 115 Å². The molecule has 0 unspecified atom stereocenters. The van der Waals surface area contributed by atoms with Crippen LogP contribution in [-0.2, 0) is 9.59 Å². The van der Waals surface area contributed by atoms with Crippen LogP contribution in [0.3, 0.4) is 0 Å². The van der Waals surface area contributed by atoms with Gasteiger partial charge < -0.3 is 20.2 Å². The van der Waals surface area contributed by atoms with Gasteiger partial charge in [0.2, 0.25) is 5.91 Å². The SMILES string of the molecule is C#C.C#CC.C/C=C\CN=C(C(CCCCC(=O)O)=NC/C=C/C(=O)N1CCC(N2C/C=C\CC/C=C\CNC2=O)CC1)c1ccc(F)cc1. The summed E-state index contributed by atoms with van der Waals surface area (Å²) in [5.74, 6) is 0.955. The van der Waals surface area contributed by atoms with Crippen molar-refractivity contribution in [3.8, 4) is 25.2 Å². The Morgan fingerprint density at radius 1 is 1.00 bits per heavy atom. The average Bonchev–Trinajstić information content (AvgIpc) is 3.16. The van der Waals surface area contributed by atoms with Gasteiger partial charge >= 0.3 is 12.0 Å². The van der Waals surface area contributed by atoms with Gasteiger partial charge in [-0.3, -0.25) is 19.6 Å². The number of allylic oxidation sites excluding steroid dienone is 3. The zero-order chi connectivity index (χ0) is 37.0. The third-order valence-electron chi connectivity index (χ3n) is 7.67. The second-order valence-corrected chi connectivity index (χ2v) is 11.3. The monoisotopic (exact) mass is 685 g/mol. The number of likely N-dealkylation sites (tertiary alicyclic amines) is 1. The highest BCUT2D eigenvalue weighted by atomic mass is 19.1. The third kappa shape index (κ3) is 17.3. The van der Waals surface area contributed by atoms with Gasteiger partial charge in [0.25, 0.3) is 0 Å². The van der Waals surface area contributed by atoms with Gasteiger partial charge in [0.05, 0.1) is 24.5 Å². The molecule has 2 heterocycles. The second-order valence-electron chi connectivity index (χ2n) is 11.3. The third-order valence-corrected chi connectivity index (χ3v) is 7.67. The van der Waals surface area contributed by atoms with E-state index in [-0.39, 0.29) is 36.8 Å². The highest BCUT2D eigenvalue weighted by Gasteiger charge is 2.28. The molecule has 0 aliphatic carbocycles. The van der Waals surface area contributed by atoms with Crippen molar-refractivity contribution in [3.63, 3.8) is 0 Å². The molecule has 0 bridgehead atoms. The van der Waals surface area contributed by atoms with Crippen LogP contribution in [0.25, 0.3) is 0 Å². The Labute approximate surface area is 297 Å². The predicted octanol–water partition coefficient (Wildman–Crippen LogP) is 6.63. The number of carboxylic acid groups (broad SMARTS) is 1. The number of carbonyl (C=O) groups is 3. The molecule has 0 saturated carbocycles. The number of halogens is 1. The molecule has 50 heavy (non-hydrogen) atoms. The number of nitrogens with one attached hydrogen (secondary N) is 1. The number of unbranched alkanes of at least 4 members (excludes halogenated alkanes) is 1. The number of piperidine rings is 1. The van der Waals surface area contributed by atoms with Crippen molar-refractivity contribution >= 4 is 29.3 Å². The second kappa shape index (κ2) is 26.7. The van der Waals surface area contributed by atoms with Crippen LogP contribution in [0.15, 0.2) is 82.9 Å². The molecule has 1 saturated heterocycles. The minimum Gasteiger partial charge on any atom is -0.481 e. The number of amides is 3. The Morgan fingerprint density at radius 3 is 2.26 bits per heavy atom. The first-order valence-electron chi connectivity index (χ1n) is 17.0. The van der Waals surface area contributed by atoms with Crippen LogP contribution in [0.1, 0.15) is 70.8 Å². The summed E-state index contributed by atoms with van der Waals surface area (Å²) in [6.45, 7) is 6.42. The van der Waals surface area contributed by atoms with Gasteiger partial charge in [-0.25, -0.2) is 9.18 Å². The van der Waals surface area contributed by atoms with Gasteiger partial charge in [0.15, 0.2) is 0 Å². The van der Waals surface area contributed by atoms with E-state index in [2.05, 4.69) is 42.7 Å². The lowest BCUT2D eigenvalue weighted by Crippen LogP contribution is -2.51. The first-order valence-corrected chi connectivity index (χ1v) is 17.0. The number of terminal acetylenes is 2. The van der Waals surface area contributed by atoms with Crippen molar-refractivity contribution in [2.24, 2.45) is 9.98 Å². The normalized spacial score (nSPS) is 17.3. The van der Waals surface area contributed by atoms with Crippen molar-refractivity contribution in [2.45, 2.75) is 71.3 Å². The fourth-order valence-corrected chi connectivity index (χ4v) is 5.21. The molecule has 3 amide bonds. The molecule has 10 heteroatoms. The lowest BCUT2D eigenvalue weighted by atomic mass is 10.0. The van der Waals surface area contributed by atoms with E-state index in [0.717, 1.165) is 18.4 Å². The number of hydrogen-bond donors (Lipinski definition) is 2. The van der Waals surface area contributed by atoms with E-state index in [1.54, 1.807) is 30.0 Å². The lowest BCUT2D eigenvalue weighted by Gasteiger charge is -2.37. The number of urea groups is 1. The number of aliphatic imine (C=N–C) groups is 2. The molecule has 1 aromatic rings. The van der Waals surface area contributed by atoms with Crippen LogP contribution >= 0.6 is 0 Å². The molecule has 0 radical (unpaired) electrons. The Morgan fingerprint density at radius 2 is 1.62 bits per heavy atom. The number of aliphatic carboxylic acids is 1. The first-order chi connectivity index (χ1) is 24.3. The minimum absolute atomic E-state index is 0.0624. The van der Waals surface area contributed by atoms with Crippen molar-refractivity contribution in [1.29, 1.82) is 0 Å². The van der Waals surface area contributed by atoms with E-state index in [0.29, 0.717) is 76.3 Å². The molecule has 1 fully saturated rings. The number of carboxylic acids is 1. The molecule has 2 aliphatic heterocycles. The maximum Gasteiger partial charge on any atom is 0.318 e. The van der Waals surface area contributed by atoms with Gasteiger partial charge in [-0.05, 0) is 83.1 Å². The smallest absolute Gasteiger partial charge is 0.318 e. The van der Waals surface area contributed by atoms with Crippen molar-refractivity contribution in [3.05, 3.63) is 84.3 Å². The van der Waals surface area contributed by atoms with E-state index >= 15 is 0 Å². The van der Waals surface area contributed by atoms with Gasteiger partial charge in [-0.1, -0.05) is 42.5 Å². The number of carbonyl (C=O) groups excluding carboxylic acids is 2. The van der Waals surface area contributed by atoms with Crippen LogP contribution in [-0.4, -0.2) is 89.5 Å². The summed E-state index contributed by atoms with van der Waals surface area (Å²) in [4.78, 5) is 50.0. The molecule has 9 nitrogen and oxygen atoms in total. The molecular formula is C40H52FN5O4.